The third kappa shape index (κ3) is 4.59. The van der Waals surface area contributed by atoms with Gasteiger partial charge >= 0.3 is 0 Å². The molecule has 25 heavy (non-hydrogen) atoms. The Bertz CT molecular complexity index is 609. The molecule has 0 unspecified atom stereocenters. The van der Waals surface area contributed by atoms with Crippen LogP contribution in [0.4, 0.5) is 0 Å². The molecule has 0 radical (unpaired) electrons. The van der Waals surface area contributed by atoms with Crippen molar-refractivity contribution in [1.29, 1.82) is 0 Å². The number of thiophene rings is 1. The van der Waals surface area contributed by atoms with Crippen molar-refractivity contribution < 1.29 is 14.3 Å². The number of piperazine rings is 1. The highest BCUT2D eigenvalue weighted by molar-refractivity contribution is 7.10. The van der Waals surface area contributed by atoms with Crippen LogP contribution in [0, 0.1) is 0 Å². The first-order valence-electron chi connectivity index (χ1n) is 9.05. The molecule has 0 spiro atoms. The predicted octanol–water partition coefficient (Wildman–Crippen LogP) is 1.15. The van der Waals surface area contributed by atoms with Crippen LogP contribution in [0.5, 0.6) is 0 Å². The summed E-state index contributed by atoms with van der Waals surface area (Å²) < 4.78 is 4.93. The van der Waals surface area contributed by atoms with Crippen molar-refractivity contribution in [2.24, 2.45) is 0 Å². The fraction of sp³-hybridized carbons (Fsp3) is 0.667. The van der Waals surface area contributed by atoms with Crippen LogP contribution in [0.2, 0.25) is 0 Å². The van der Waals surface area contributed by atoms with Gasteiger partial charge in [0.2, 0.25) is 5.91 Å². The Labute approximate surface area is 153 Å². The summed E-state index contributed by atoms with van der Waals surface area (Å²) in [5.74, 6) is 0.187. The van der Waals surface area contributed by atoms with Crippen molar-refractivity contribution in [3.8, 4) is 0 Å². The normalized spacial score (nSPS) is 18.0. The average molecular weight is 365 g/mol. The number of nitrogens with zero attached hydrogens (tertiary/aromatic N) is 2. The molecule has 1 N–H and O–H groups in total. The van der Waals surface area contributed by atoms with Crippen LogP contribution in [0.3, 0.4) is 0 Å². The Balaban J connectivity index is 1.48. The summed E-state index contributed by atoms with van der Waals surface area (Å²) in [6, 6.07) is 0. The summed E-state index contributed by atoms with van der Waals surface area (Å²) in [5.41, 5.74) is 2.21. The maximum absolute atomic E-state index is 12.9. The molecule has 6 nitrogen and oxygen atoms in total. The number of amides is 2. The molecule has 7 heteroatoms. The minimum absolute atomic E-state index is 0.0173. The van der Waals surface area contributed by atoms with E-state index >= 15 is 0 Å². The molecule has 2 heterocycles. The smallest absolute Gasteiger partial charge is 0.255 e. The van der Waals surface area contributed by atoms with Crippen molar-refractivity contribution >= 4 is 23.2 Å². The Hall–Kier alpha value is -1.44. The predicted molar refractivity (Wildman–Crippen MR) is 98.2 cm³/mol. The summed E-state index contributed by atoms with van der Waals surface area (Å²) in [6.45, 7) is 4.32. The number of rotatable bonds is 6. The standard InChI is InChI=1S/C18H27N3O3S/c1-24-11-6-19-17(22)12-20-7-9-21(10-8-20)18(23)15-13-25-16-5-3-2-4-14(15)16/h13H,2-12H2,1H3,(H,19,22). The number of carbonyl (C=O) groups is 2. The van der Waals surface area contributed by atoms with Gasteiger partial charge in [-0.25, -0.2) is 0 Å². The minimum atomic E-state index is 0.0173. The lowest BCUT2D eigenvalue weighted by atomic mass is 9.95. The maximum atomic E-state index is 12.9. The zero-order chi connectivity index (χ0) is 17.6. The molecule has 0 aromatic carbocycles. The molecule has 0 bridgehead atoms. The quantitative estimate of drug-likeness (QED) is 0.768. The van der Waals surface area contributed by atoms with E-state index in [0.717, 1.165) is 31.5 Å². The largest absolute Gasteiger partial charge is 0.383 e. The molecule has 2 aliphatic rings. The molecular weight excluding hydrogens is 338 g/mol. The highest BCUT2D eigenvalue weighted by Crippen LogP contribution is 2.31. The number of aryl methyl sites for hydroxylation is 1. The van der Waals surface area contributed by atoms with E-state index in [1.807, 2.05) is 10.3 Å². The van der Waals surface area contributed by atoms with Gasteiger partial charge in [0.1, 0.15) is 0 Å². The van der Waals surface area contributed by atoms with Gasteiger partial charge in [0.15, 0.2) is 0 Å². The molecule has 3 rings (SSSR count). The zero-order valence-corrected chi connectivity index (χ0v) is 15.7. The maximum Gasteiger partial charge on any atom is 0.255 e. The fourth-order valence-electron chi connectivity index (χ4n) is 3.50. The van der Waals surface area contributed by atoms with Crippen molar-refractivity contribution in [1.82, 2.24) is 15.1 Å². The SMILES string of the molecule is COCCNC(=O)CN1CCN(C(=O)c2csc3c2CCCC3)CC1. The molecule has 1 aromatic heterocycles. The first kappa shape index (κ1) is 18.4. The van der Waals surface area contributed by atoms with Gasteiger partial charge in [0.25, 0.3) is 5.91 Å². The van der Waals surface area contributed by atoms with Crippen LogP contribution in [0.1, 0.15) is 33.6 Å². The van der Waals surface area contributed by atoms with Crippen LogP contribution >= 0.6 is 11.3 Å². The number of ether oxygens (including phenoxy) is 1. The Morgan fingerprint density at radius 2 is 1.96 bits per heavy atom. The van der Waals surface area contributed by atoms with Crippen molar-refractivity contribution in [2.45, 2.75) is 25.7 Å². The number of methoxy groups -OCH3 is 1. The molecule has 138 valence electrons. The Morgan fingerprint density at radius 1 is 1.20 bits per heavy atom. The third-order valence-electron chi connectivity index (χ3n) is 4.95. The van der Waals surface area contributed by atoms with Gasteiger partial charge in [0, 0.05) is 50.1 Å². The lowest BCUT2D eigenvalue weighted by Crippen LogP contribution is -2.51. The monoisotopic (exact) mass is 365 g/mol. The summed E-state index contributed by atoms with van der Waals surface area (Å²) in [5, 5.41) is 4.89. The van der Waals surface area contributed by atoms with Gasteiger partial charge < -0.3 is 15.0 Å². The lowest BCUT2D eigenvalue weighted by molar-refractivity contribution is -0.122. The zero-order valence-electron chi connectivity index (χ0n) is 14.9. The van der Waals surface area contributed by atoms with E-state index < -0.39 is 0 Å². The third-order valence-corrected chi connectivity index (χ3v) is 6.04. The van der Waals surface area contributed by atoms with E-state index in [1.54, 1.807) is 18.4 Å². The van der Waals surface area contributed by atoms with Crippen LogP contribution in [0.25, 0.3) is 0 Å². The van der Waals surface area contributed by atoms with Crippen molar-refractivity contribution in [3.05, 3.63) is 21.4 Å². The molecule has 1 aliphatic heterocycles. The molecule has 2 amide bonds. The van der Waals surface area contributed by atoms with E-state index in [2.05, 4.69) is 10.2 Å². The van der Waals surface area contributed by atoms with Gasteiger partial charge in [0.05, 0.1) is 18.7 Å². The second kappa shape index (κ2) is 8.78. The molecular formula is C18H27N3O3S. The highest BCUT2D eigenvalue weighted by atomic mass is 32.1. The number of nitrogens with one attached hydrogen (secondary N) is 1. The van der Waals surface area contributed by atoms with Gasteiger partial charge in [-0.3, -0.25) is 14.5 Å². The second-order valence-electron chi connectivity index (χ2n) is 6.67. The van der Waals surface area contributed by atoms with E-state index in [4.69, 9.17) is 4.74 Å². The highest BCUT2D eigenvalue weighted by Gasteiger charge is 2.27. The topological polar surface area (TPSA) is 61.9 Å². The van der Waals surface area contributed by atoms with E-state index in [-0.39, 0.29) is 11.8 Å². The van der Waals surface area contributed by atoms with E-state index in [9.17, 15) is 9.59 Å². The Kier molecular flexibility index (Phi) is 6.45. The van der Waals surface area contributed by atoms with Crippen molar-refractivity contribution in [3.63, 3.8) is 0 Å². The number of fused-ring (bicyclic) bond motifs is 1. The van der Waals surface area contributed by atoms with Gasteiger partial charge in [-0.1, -0.05) is 0 Å². The van der Waals surface area contributed by atoms with Crippen LogP contribution < -0.4 is 5.32 Å². The molecule has 1 fully saturated rings. The molecule has 1 aliphatic carbocycles. The summed E-state index contributed by atoms with van der Waals surface area (Å²) in [4.78, 5) is 30.2. The fourth-order valence-corrected chi connectivity index (χ4v) is 4.62. The summed E-state index contributed by atoms with van der Waals surface area (Å²) in [6.07, 6.45) is 4.60. The van der Waals surface area contributed by atoms with Crippen LogP contribution in [-0.4, -0.2) is 74.6 Å². The van der Waals surface area contributed by atoms with Gasteiger partial charge in [-0.15, -0.1) is 11.3 Å². The van der Waals surface area contributed by atoms with Crippen LogP contribution in [0.15, 0.2) is 5.38 Å². The van der Waals surface area contributed by atoms with Gasteiger partial charge in [-0.05, 0) is 31.2 Å². The van der Waals surface area contributed by atoms with Gasteiger partial charge in [-0.2, -0.15) is 0 Å². The Morgan fingerprint density at radius 3 is 2.72 bits per heavy atom. The first-order chi connectivity index (χ1) is 12.2. The molecule has 1 aromatic rings. The van der Waals surface area contributed by atoms with E-state index in [0.29, 0.717) is 32.8 Å². The van der Waals surface area contributed by atoms with E-state index in [1.165, 1.54) is 23.3 Å². The lowest BCUT2D eigenvalue weighted by Gasteiger charge is -2.34. The van der Waals surface area contributed by atoms with Crippen molar-refractivity contribution in [2.75, 3.05) is 53.0 Å². The summed E-state index contributed by atoms with van der Waals surface area (Å²) >= 11 is 1.74. The van der Waals surface area contributed by atoms with Crippen LogP contribution in [-0.2, 0) is 22.4 Å². The summed E-state index contributed by atoms with van der Waals surface area (Å²) in [7, 11) is 1.62. The molecule has 1 saturated heterocycles. The average Bonchev–Trinajstić information content (AvgIpc) is 3.06. The molecule has 0 saturated carbocycles. The number of hydrogen-bond acceptors (Lipinski definition) is 5. The number of carbonyl (C=O) groups excluding carboxylic acids is 2. The second-order valence-corrected chi connectivity index (χ2v) is 7.63. The number of hydrogen-bond donors (Lipinski definition) is 1. The first-order valence-corrected chi connectivity index (χ1v) is 9.93. The minimum Gasteiger partial charge on any atom is -0.383 e. The molecule has 0 atom stereocenters.